The molecule has 0 bridgehead atoms. The summed E-state index contributed by atoms with van der Waals surface area (Å²) in [6, 6.07) is 22.6. The van der Waals surface area contributed by atoms with Crippen LogP contribution in [-0.4, -0.2) is 15.2 Å². The number of fused-ring (bicyclic) bond motifs is 1. The summed E-state index contributed by atoms with van der Waals surface area (Å²) in [5.74, 6) is 0. The fraction of sp³-hybridized carbons (Fsp3) is 0.0500. The van der Waals surface area contributed by atoms with Gasteiger partial charge in [-0.05, 0) is 17.7 Å². The molecule has 2 aromatic carbocycles. The van der Waals surface area contributed by atoms with Crippen molar-refractivity contribution < 1.29 is 0 Å². The van der Waals surface area contributed by atoms with Gasteiger partial charge in [0.25, 0.3) is 0 Å². The van der Waals surface area contributed by atoms with Gasteiger partial charge in [-0.3, -0.25) is 4.98 Å². The van der Waals surface area contributed by atoms with Gasteiger partial charge in [0.2, 0.25) is 0 Å². The minimum absolute atomic E-state index is 0.755. The highest BCUT2D eigenvalue weighted by atomic mass is 15.1. The number of benzene rings is 2. The first-order chi connectivity index (χ1) is 11.4. The van der Waals surface area contributed by atoms with Crippen molar-refractivity contribution in [3.8, 4) is 11.3 Å². The molecule has 4 aromatic rings. The van der Waals surface area contributed by atoms with Crippen LogP contribution in [0.2, 0.25) is 0 Å². The number of rotatable bonds is 3. The first kappa shape index (κ1) is 13.6. The van der Waals surface area contributed by atoms with Gasteiger partial charge in [-0.25, -0.2) is 0 Å². The zero-order valence-electron chi connectivity index (χ0n) is 12.6. The second kappa shape index (κ2) is 5.97. The monoisotopic (exact) mass is 297 g/mol. The highest BCUT2D eigenvalue weighted by Gasteiger charge is 2.10. The molecule has 0 fully saturated rings. The Morgan fingerprint density at radius 1 is 0.652 bits per heavy atom. The summed E-state index contributed by atoms with van der Waals surface area (Å²) < 4.78 is 0. The van der Waals surface area contributed by atoms with E-state index in [1.165, 1.54) is 5.56 Å². The van der Waals surface area contributed by atoms with Crippen LogP contribution in [0, 0.1) is 0 Å². The van der Waals surface area contributed by atoms with E-state index in [-0.39, 0.29) is 0 Å². The topological polar surface area (TPSA) is 38.7 Å². The third kappa shape index (κ3) is 2.69. The minimum Gasteiger partial charge on any atom is -0.265 e. The third-order valence-corrected chi connectivity index (χ3v) is 3.93. The van der Waals surface area contributed by atoms with Gasteiger partial charge in [0.15, 0.2) is 0 Å². The maximum atomic E-state index is 4.51. The Bertz CT molecular complexity index is 935. The van der Waals surface area contributed by atoms with Crippen molar-refractivity contribution in [3.63, 3.8) is 0 Å². The molecular weight excluding hydrogens is 282 g/mol. The Labute approximate surface area is 134 Å². The second-order valence-electron chi connectivity index (χ2n) is 5.44. The van der Waals surface area contributed by atoms with Gasteiger partial charge < -0.3 is 0 Å². The molecule has 0 N–H and O–H groups in total. The molecule has 0 saturated carbocycles. The highest BCUT2D eigenvalue weighted by Crippen LogP contribution is 2.28. The molecule has 110 valence electrons. The molecular formula is C20H15N3. The molecule has 0 aliphatic rings. The van der Waals surface area contributed by atoms with Crippen LogP contribution in [0.1, 0.15) is 11.3 Å². The smallest absolute Gasteiger partial charge is 0.101 e. The van der Waals surface area contributed by atoms with Gasteiger partial charge in [-0.1, -0.05) is 54.6 Å². The molecule has 2 heterocycles. The van der Waals surface area contributed by atoms with E-state index in [9.17, 15) is 0 Å². The van der Waals surface area contributed by atoms with Crippen LogP contribution in [0.4, 0.5) is 0 Å². The van der Waals surface area contributed by atoms with Crippen molar-refractivity contribution in [2.24, 2.45) is 0 Å². The summed E-state index contributed by atoms with van der Waals surface area (Å²) in [5.41, 5.74) is 4.20. The predicted molar refractivity (Wildman–Crippen MR) is 92.0 cm³/mol. The molecule has 0 amide bonds. The summed E-state index contributed by atoms with van der Waals surface area (Å²) in [7, 11) is 0. The summed E-state index contributed by atoms with van der Waals surface area (Å²) >= 11 is 0. The minimum atomic E-state index is 0.755. The molecule has 0 unspecified atom stereocenters. The van der Waals surface area contributed by atoms with Gasteiger partial charge in [-0.2, -0.15) is 5.10 Å². The van der Waals surface area contributed by atoms with E-state index >= 15 is 0 Å². The normalized spacial score (nSPS) is 10.8. The Balaban J connectivity index is 1.86. The van der Waals surface area contributed by atoms with Crippen LogP contribution < -0.4 is 0 Å². The van der Waals surface area contributed by atoms with Crippen LogP contribution >= 0.6 is 0 Å². The van der Waals surface area contributed by atoms with Crippen molar-refractivity contribution in [1.82, 2.24) is 15.2 Å². The van der Waals surface area contributed by atoms with E-state index in [1.54, 1.807) is 0 Å². The van der Waals surface area contributed by atoms with E-state index in [0.717, 1.165) is 34.1 Å². The number of hydrogen-bond donors (Lipinski definition) is 0. The van der Waals surface area contributed by atoms with Gasteiger partial charge in [0.1, 0.15) is 5.69 Å². The van der Waals surface area contributed by atoms with Crippen LogP contribution in [0.15, 0.2) is 79.1 Å². The van der Waals surface area contributed by atoms with Gasteiger partial charge >= 0.3 is 0 Å². The number of aromatic nitrogens is 3. The largest absolute Gasteiger partial charge is 0.265 e. The molecule has 0 saturated heterocycles. The fourth-order valence-corrected chi connectivity index (χ4v) is 2.79. The summed E-state index contributed by atoms with van der Waals surface area (Å²) in [6.07, 6.45) is 4.37. The van der Waals surface area contributed by atoms with E-state index in [2.05, 4.69) is 45.5 Å². The first-order valence-electron chi connectivity index (χ1n) is 7.60. The first-order valence-corrected chi connectivity index (χ1v) is 7.60. The fourth-order valence-electron chi connectivity index (χ4n) is 2.79. The standard InChI is InChI=1S/C20H15N3/c1-2-6-16(7-3-1)20-18-9-5-4-8-17(18)19(22-23-20)14-15-10-12-21-13-11-15/h1-13H,14H2. The van der Waals surface area contributed by atoms with Crippen LogP contribution in [0.5, 0.6) is 0 Å². The van der Waals surface area contributed by atoms with Crippen LogP contribution in [0.3, 0.4) is 0 Å². The average Bonchev–Trinajstić information content (AvgIpc) is 2.64. The molecule has 0 atom stereocenters. The zero-order valence-corrected chi connectivity index (χ0v) is 12.6. The lowest BCUT2D eigenvalue weighted by molar-refractivity contribution is 0.961. The maximum absolute atomic E-state index is 4.51. The maximum Gasteiger partial charge on any atom is 0.101 e. The molecule has 0 radical (unpaired) electrons. The average molecular weight is 297 g/mol. The molecule has 0 aliphatic heterocycles. The Kier molecular flexibility index (Phi) is 3.53. The Hall–Kier alpha value is -3.07. The molecule has 3 nitrogen and oxygen atoms in total. The quantitative estimate of drug-likeness (QED) is 0.566. The molecule has 0 aliphatic carbocycles. The van der Waals surface area contributed by atoms with Crippen molar-refractivity contribution in [3.05, 3.63) is 90.4 Å². The van der Waals surface area contributed by atoms with E-state index < -0.39 is 0 Å². The predicted octanol–water partition coefficient (Wildman–Crippen LogP) is 4.28. The van der Waals surface area contributed by atoms with E-state index in [1.807, 2.05) is 48.8 Å². The number of nitrogens with zero attached hydrogens (tertiary/aromatic N) is 3. The Morgan fingerprint density at radius 3 is 2.13 bits per heavy atom. The van der Waals surface area contributed by atoms with Crippen molar-refractivity contribution >= 4 is 10.8 Å². The van der Waals surface area contributed by atoms with Crippen molar-refractivity contribution in [2.45, 2.75) is 6.42 Å². The van der Waals surface area contributed by atoms with Crippen LogP contribution in [-0.2, 0) is 6.42 Å². The van der Waals surface area contributed by atoms with Crippen molar-refractivity contribution in [2.75, 3.05) is 0 Å². The molecule has 3 heteroatoms. The van der Waals surface area contributed by atoms with Gasteiger partial charge in [0.05, 0.1) is 5.69 Å². The van der Waals surface area contributed by atoms with Gasteiger partial charge in [-0.15, -0.1) is 5.10 Å². The summed E-state index contributed by atoms with van der Waals surface area (Å²) in [5, 5.41) is 11.3. The zero-order chi connectivity index (χ0) is 15.5. The molecule has 0 spiro atoms. The molecule has 4 rings (SSSR count). The second-order valence-corrected chi connectivity index (χ2v) is 5.44. The molecule has 2 aromatic heterocycles. The number of pyridine rings is 1. The SMILES string of the molecule is c1ccc(-c2nnc(Cc3ccncc3)c3ccccc23)cc1. The summed E-state index contributed by atoms with van der Waals surface area (Å²) in [4.78, 5) is 4.07. The van der Waals surface area contributed by atoms with Gasteiger partial charge in [0, 0.05) is 35.2 Å². The summed E-state index contributed by atoms with van der Waals surface area (Å²) in [6.45, 7) is 0. The highest BCUT2D eigenvalue weighted by molar-refractivity contribution is 5.95. The number of hydrogen-bond acceptors (Lipinski definition) is 3. The van der Waals surface area contributed by atoms with Crippen LogP contribution in [0.25, 0.3) is 22.0 Å². The lowest BCUT2D eigenvalue weighted by Crippen LogP contribution is -1.99. The third-order valence-electron chi connectivity index (χ3n) is 3.93. The van der Waals surface area contributed by atoms with Crippen molar-refractivity contribution in [1.29, 1.82) is 0 Å². The van der Waals surface area contributed by atoms with E-state index in [4.69, 9.17) is 0 Å². The van der Waals surface area contributed by atoms with E-state index in [0.29, 0.717) is 0 Å². The Morgan fingerprint density at radius 2 is 1.35 bits per heavy atom. The lowest BCUT2D eigenvalue weighted by Gasteiger charge is -2.09. The lowest BCUT2D eigenvalue weighted by atomic mass is 10.0. The molecule has 23 heavy (non-hydrogen) atoms.